The number of anilines is 1. The molecular weight excluding hydrogens is 217 g/mol. The molecule has 0 saturated carbocycles. The first-order valence-corrected chi connectivity index (χ1v) is 5.67. The maximum absolute atomic E-state index is 5.93. The second-order valence-corrected chi connectivity index (χ2v) is 5.36. The van der Waals surface area contributed by atoms with Crippen molar-refractivity contribution in [2.45, 2.75) is 45.8 Å². The zero-order chi connectivity index (χ0) is 12.8. The summed E-state index contributed by atoms with van der Waals surface area (Å²) < 4.78 is 11.9. The molecule has 17 heavy (non-hydrogen) atoms. The van der Waals surface area contributed by atoms with E-state index >= 15 is 0 Å². The molecule has 1 aliphatic heterocycles. The van der Waals surface area contributed by atoms with Crippen molar-refractivity contribution in [2.75, 3.05) is 5.73 Å². The average Bonchev–Trinajstić information content (AvgIpc) is 2.35. The first kappa shape index (κ1) is 12.3. The van der Waals surface area contributed by atoms with E-state index in [1.807, 2.05) is 34.6 Å². The van der Waals surface area contributed by atoms with Crippen LogP contribution in [0.3, 0.4) is 0 Å². The van der Waals surface area contributed by atoms with Gasteiger partial charge in [-0.1, -0.05) is 0 Å². The van der Waals surface area contributed by atoms with Crippen LogP contribution in [0.4, 0.5) is 5.95 Å². The average molecular weight is 235 g/mol. The molecule has 2 heterocycles. The Morgan fingerprint density at radius 2 is 1.71 bits per heavy atom. The fraction of sp³-hybridized carbons (Fsp3) is 0.636. The molecule has 5 nitrogen and oxygen atoms in total. The van der Waals surface area contributed by atoms with Gasteiger partial charge in [0, 0.05) is 17.4 Å². The van der Waals surface area contributed by atoms with Gasteiger partial charge in [0.1, 0.15) is 0 Å². The standard InChI is InChI=1S/C11H18BN3O2/c1-7-8(6-14-9(13)15-7)12-16-10(2,3)11(4,5)17-12/h6H,1-5H3,(H2,13,14,15). The van der Waals surface area contributed by atoms with Crippen molar-refractivity contribution >= 4 is 18.5 Å². The molecule has 0 atom stereocenters. The third-order valence-electron chi connectivity index (χ3n) is 3.54. The smallest absolute Gasteiger partial charge is 0.399 e. The molecule has 0 aliphatic carbocycles. The van der Waals surface area contributed by atoms with Gasteiger partial charge in [0.05, 0.1) is 11.2 Å². The van der Waals surface area contributed by atoms with Crippen LogP contribution in [0.2, 0.25) is 0 Å². The lowest BCUT2D eigenvalue weighted by Gasteiger charge is -2.32. The SMILES string of the molecule is Cc1nc(N)ncc1B1OC(C)(C)C(C)(C)O1. The summed E-state index contributed by atoms with van der Waals surface area (Å²) in [5.41, 5.74) is 6.44. The molecule has 1 aliphatic rings. The Bertz CT molecular complexity index is 432. The van der Waals surface area contributed by atoms with Crippen LogP contribution < -0.4 is 11.2 Å². The van der Waals surface area contributed by atoms with E-state index in [1.165, 1.54) is 0 Å². The van der Waals surface area contributed by atoms with Gasteiger partial charge in [0.25, 0.3) is 0 Å². The van der Waals surface area contributed by atoms with Gasteiger partial charge in [0.2, 0.25) is 5.95 Å². The summed E-state index contributed by atoms with van der Waals surface area (Å²) in [5.74, 6) is 0.266. The molecule has 0 radical (unpaired) electrons. The van der Waals surface area contributed by atoms with Gasteiger partial charge >= 0.3 is 7.12 Å². The Kier molecular flexibility index (Phi) is 2.67. The first-order chi connectivity index (χ1) is 7.73. The van der Waals surface area contributed by atoms with Crippen LogP contribution in [0.25, 0.3) is 0 Å². The van der Waals surface area contributed by atoms with Crippen LogP contribution in [0.1, 0.15) is 33.4 Å². The van der Waals surface area contributed by atoms with Crippen molar-refractivity contribution in [1.82, 2.24) is 9.97 Å². The normalized spacial score (nSPS) is 21.8. The Morgan fingerprint density at radius 3 is 2.18 bits per heavy atom. The van der Waals surface area contributed by atoms with Crippen LogP contribution in [0, 0.1) is 6.92 Å². The number of rotatable bonds is 1. The van der Waals surface area contributed by atoms with Gasteiger partial charge < -0.3 is 15.0 Å². The maximum atomic E-state index is 5.93. The molecule has 0 amide bonds. The predicted octanol–water partition coefficient (Wildman–Crippen LogP) is 0.666. The minimum absolute atomic E-state index is 0.266. The summed E-state index contributed by atoms with van der Waals surface area (Å²) in [6.45, 7) is 9.93. The van der Waals surface area contributed by atoms with Crippen LogP contribution >= 0.6 is 0 Å². The maximum Gasteiger partial charge on any atom is 0.498 e. The minimum Gasteiger partial charge on any atom is -0.399 e. The lowest BCUT2D eigenvalue weighted by atomic mass is 9.79. The number of aryl methyl sites for hydroxylation is 1. The van der Waals surface area contributed by atoms with Crippen molar-refractivity contribution in [3.05, 3.63) is 11.9 Å². The summed E-state index contributed by atoms with van der Waals surface area (Å²) in [4.78, 5) is 8.11. The molecule has 0 spiro atoms. The first-order valence-electron chi connectivity index (χ1n) is 5.67. The van der Waals surface area contributed by atoms with Gasteiger partial charge in [-0.15, -0.1) is 0 Å². The van der Waals surface area contributed by atoms with Crippen molar-refractivity contribution in [1.29, 1.82) is 0 Å². The van der Waals surface area contributed by atoms with E-state index in [-0.39, 0.29) is 17.2 Å². The highest BCUT2D eigenvalue weighted by Crippen LogP contribution is 2.36. The van der Waals surface area contributed by atoms with Crippen molar-refractivity contribution in [3.8, 4) is 0 Å². The molecule has 0 bridgehead atoms. The second-order valence-electron chi connectivity index (χ2n) is 5.36. The monoisotopic (exact) mass is 235 g/mol. The van der Waals surface area contributed by atoms with Gasteiger partial charge in [-0.05, 0) is 34.6 Å². The number of nitrogens with two attached hydrogens (primary N) is 1. The highest BCUT2D eigenvalue weighted by atomic mass is 16.7. The fourth-order valence-corrected chi connectivity index (χ4v) is 1.70. The number of hydrogen-bond donors (Lipinski definition) is 1. The van der Waals surface area contributed by atoms with Gasteiger partial charge in [-0.25, -0.2) is 9.97 Å². The zero-order valence-electron chi connectivity index (χ0n) is 10.9. The van der Waals surface area contributed by atoms with E-state index in [1.54, 1.807) is 6.20 Å². The van der Waals surface area contributed by atoms with E-state index in [0.717, 1.165) is 11.2 Å². The lowest BCUT2D eigenvalue weighted by Crippen LogP contribution is -2.41. The third kappa shape index (κ3) is 2.02. The molecule has 2 rings (SSSR count). The zero-order valence-corrected chi connectivity index (χ0v) is 10.9. The summed E-state index contributed by atoms with van der Waals surface area (Å²) in [5, 5.41) is 0. The third-order valence-corrected chi connectivity index (χ3v) is 3.54. The van der Waals surface area contributed by atoms with E-state index in [9.17, 15) is 0 Å². The number of hydrogen-bond acceptors (Lipinski definition) is 5. The molecule has 2 N–H and O–H groups in total. The summed E-state index contributed by atoms with van der Waals surface area (Å²) in [6, 6.07) is 0. The Balaban J connectivity index is 2.32. The molecule has 1 aromatic rings. The van der Waals surface area contributed by atoms with Gasteiger partial charge in [-0.2, -0.15) is 0 Å². The summed E-state index contributed by atoms with van der Waals surface area (Å²) in [6.07, 6.45) is 1.67. The predicted molar refractivity (Wildman–Crippen MR) is 66.9 cm³/mol. The molecule has 0 aromatic carbocycles. The molecule has 0 unspecified atom stereocenters. The van der Waals surface area contributed by atoms with Crippen LogP contribution in [-0.4, -0.2) is 28.3 Å². The van der Waals surface area contributed by atoms with Crippen LogP contribution in [0.5, 0.6) is 0 Å². The molecule has 6 heteroatoms. The molecule has 1 saturated heterocycles. The van der Waals surface area contributed by atoms with Gasteiger partial charge in [0.15, 0.2) is 0 Å². The van der Waals surface area contributed by atoms with Crippen molar-refractivity contribution < 1.29 is 9.31 Å². The molecular formula is C11H18BN3O2. The van der Waals surface area contributed by atoms with Crippen LogP contribution in [0.15, 0.2) is 6.20 Å². The Morgan fingerprint density at radius 1 is 1.18 bits per heavy atom. The van der Waals surface area contributed by atoms with E-state index in [2.05, 4.69) is 9.97 Å². The number of aromatic nitrogens is 2. The highest BCUT2D eigenvalue weighted by molar-refractivity contribution is 6.62. The van der Waals surface area contributed by atoms with E-state index < -0.39 is 7.12 Å². The summed E-state index contributed by atoms with van der Waals surface area (Å²) >= 11 is 0. The highest BCUT2D eigenvalue weighted by Gasteiger charge is 2.52. The second kappa shape index (κ2) is 3.68. The number of nitrogen functional groups attached to an aromatic ring is 1. The van der Waals surface area contributed by atoms with Crippen molar-refractivity contribution in [3.63, 3.8) is 0 Å². The Hall–Kier alpha value is -1.14. The largest absolute Gasteiger partial charge is 0.498 e. The summed E-state index contributed by atoms with van der Waals surface area (Å²) in [7, 11) is -0.430. The topological polar surface area (TPSA) is 70.3 Å². The van der Waals surface area contributed by atoms with Crippen molar-refractivity contribution in [2.24, 2.45) is 0 Å². The molecule has 92 valence electrons. The van der Waals surface area contributed by atoms with E-state index in [4.69, 9.17) is 15.0 Å². The Labute approximate surface area is 102 Å². The molecule has 1 fully saturated rings. The van der Waals surface area contributed by atoms with Gasteiger partial charge in [-0.3, -0.25) is 0 Å². The van der Waals surface area contributed by atoms with Crippen LogP contribution in [-0.2, 0) is 9.31 Å². The lowest BCUT2D eigenvalue weighted by molar-refractivity contribution is 0.00578. The number of nitrogens with zero attached hydrogens (tertiary/aromatic N) is 2. The quantitative estimate of drug-likeness (QED) is 0.724. The van der Waals surface area contributed by atoms with E-state index in [0.29, 0.717) is 0 Å². The molecule has 1 aromatic heterocycles. The fourth-order valence-electron chi connectivity index (χ4n) is 1.70. The minimum atomic E-state index is -0.430.